The highest BCUT2D eigenvalue weighted by molar-refractivity contribution is 7.72. The van der Waals surface area contributed by atoms with Crippen molar-refractivity contribution >= 4 is 10.7 Å². The zero-order valence-electron chi connectivity index (χ0n) is 4.13. The normalized spacial score (nSPS) is 11.1. The summed E-state index contributed by atoms with van der Waals surface area (Å²) in [6.07, 6.45) is 3.32. The molecule has 0 atom stereocenters. The van der Waals surface area contributed by atoms with E-state index in [9.17, 15) is 8.42 Å². The van der Waals surface area contributed by atoms with Gasteiger partial charge in [0.25, 0.3) is 0 Å². The van der Waals surface area contributed by atoms with E-state index in [0.29, 0.717) is 0 Å². The fourth-order valence-corrected chi connectivity index (χ4v) is 0.574. The van der Waals surface area contributed by atoms with Crippen LogP contribution in [0, 0.1) is 0 Å². The molecule has 0 aromatic carbocycles. The smallest absolute Gasteiger partial charge is 0.143 e. The number of thiol groups is 1. The molecule has 0 heterocycles. The Morgan fingerprint density at radius 1 is 1.57 bits per heavy atom. The molecule has 0 N–H and O–H groups in total. The van der Waals surface area contributed by atoms with Gasteiger partial charge in [-0.3, -0.25) is 0 Å². The molecule has 42 valence electrons. The van der Waals surface area contributed by atoms with Crippen LogP contribution in [0.2, 0.25) is 0 Å². The summed E-state index contributed by atoms with van der Waals surface area (Å²) in [6.45, 7) is 1.79. The largest absolute Gasteiger partial charge is 0.232 e. The maximum absolute atomic E-state index is 9.74. The van der Waals surface area contributed by atoms with Crippen LogP contribution in [0.5, 0.6) is 0 Å². The van der Waals surface area contributed by atoms with Gasteiger partial charge in [-0.05, 0) is 6.92 Å². The Kier molecular flexibility index (Phi) is 3.69. The maximum atomic E-state index is 9.74. The first-order chi connectivity index (χ1) is 3.27. The first-order valence-corrected chi connectivity index (χ1v) is 3.36. The minimum absolute atomic E-state index is 0.172. The summed E-state index contributed by atoms with van der Waals surface area (Å²) in [5.74, 6) is 0.172. The van der Waals surface area contributed by atoms with Crippen LogP contribution in [0.25, 0.3) is 0 Å². The van der Waals surface area contributed by atoms with Crippen LogP contribution < -0.4 is 0 Å². The molecule has 0 aromatic heterocycles. The summed E-state index contributed by atoms with van der Waals surface area (Å²) in [5, 5.41) is 0. The molecular formula is C4H8O2S. The van der Waals surface area contributed by atoms with Gasteiger partial charge < -0.3 is 0 Å². The van der Waals surface area contributed by atoms with E-state index < -0.39 is 10.7 Å². The van der Waals surface area contributed by atoms with E-state index in [-0.39, 0.29) is 5.75 Å². The summed E-state index contributed by atoms with van der Waals surface area (Å²) >= 11 is 0. The number of hydrogen-bond acceptors (Lipinski definition) is 2. The highest BCUT2D eigenvalue weighted by atomic mass is 32.2. The summed E-state index contributed by atoms with van der Waals surface area (Å²) < 4.78 is 19.5. The molecule has 0 saturated heterocycles. The molecule has 2 nitrogen and oxygen atoms in total. The molecule has 0 aromatic rings. The molecule has 0 bridgehead atoms. The van der Waals surface area contributed by atoms with E-state index in [0.717, 1.165) is 0 Å². The Balaban J connectivity index is 3.33. The molecule has 0 fully saturated rings. The lowest BCUT2D eigenvalue weighted by Crippen LogP contribution is -1.77. The van der Waals surface area contributed by atoms with Gasteiger partial charge >= 0.3 is 0 Å². The highest BCUT2D eigenvalue weighted by Crippen LogP contribution is 1.69. The van der Waals surface area contributed by atoms with Crippen LogP contribution in [-0.2, 0) is 10.7 Å². The quantitative estimate of drug-likeness (QED) is 0.416. The summed E-state index contributed by atoms with van der Waals surface area (Å²) in [5.41, 5.74) is 0. The van der Waals surface area contributed by atoms with E-state index in [1.807, 2.05) is 0 Å². The molecule has 7 heavy (non-hydrogen) atoms. The van der Waals surface area contributed by atoms with Crippen LogP contribution in [0.3, 0.4) is 0 Å². The lowest BCUT2D eigenvalue weighted by Gasteiger charge is -1.69. The first kappa shape index (κ1) is 6.69. The van der Waals surface area contributed by atoms with Gasteiger partial charge in [0.2, 0.25) is 0 Å². The minimum atomic E-state index is -2.19. The van der Waals surface area contributed by atoms with Crippen molar-refractivity contribution in [3.8, 4) is 0 Å². The Bertz CT molecular complexity index is 116. The van der Waals surface area contributed by atoms with E-state index in [4.69, 9.17) is 0 Å². The van der Waals surface area contributed by atoms with Gasteiger partial charge in [0.05, 0.1) is 5.75 Å². The summed E-state index contributed by atoms with van der Waals surface area (Å²) in [7, 11) is -2.19. The molecule has 0 radical (unpaired) electrons. The Labute approximate surface area is 44.8 Å². The van der Waals surface area contributed by atoms with Crippen molar-refractivity contribution in [2.75, 3.05) is 5.75 Å². The number of allylic oxidation sites excluding steroid dienone is 1. The summed E-state index contributed by atoms with van der Waals surface area (Å²) in [6, 6.07) is 0. The first-order valence-electron chi connectivity index (χ1n) is 2.00. The zero-order chi connectivity index (χ0) is 5.70. The molecule has 0 aliphatic carbocycles. The number of hydrogen-bond donors (Lipinski definition) is 1. The fraction of sp³-hybridized carbons (Fsp3) is 0.500. The van der Waals surface area contributed by atoms with E-state index in [1.165, 1.54) is 0 Å². The van der Waals surface area contributed by atoms with Crippen LogP contribution in [0.1, 0.15) is 6.92 Å². The van der Waals surface area contributed by atoms with Gasteiger partial charge in [0.15, 0.2) is 0 Å². The van der Waals surface area contributed by atoms with E-state index in [2.05, 4.69) is 0 Å². The Morgan fingerprint density at radius 3 is 2.29 bits per heavy atom. The minimum Gasteiger partial charge on any atom is -0.232 e. The van der Waals surface area contributed by atoms with Gasteiger partial charge in [-0.25, -0.2) is 8.42 Å². The third-order valence-corrected chi connectivity index (χ3v) is 0.999. The standard InChI is InChI=1S/C4H8O2S/c1-2-3-4-7(5)6/h2-3,7H,4H2,1H3. The molecule has 3 heteroatoms. The molecule has 0 spiro atoms. The van der Waals surface area contributed by atoms with Gasteiger partial charge in [0, 0.05) is 0 Å². The SMILES string of the molecule is CC=CC[SH](=O)=O. The molecule has 0 amide bonds. The van der Waals surface area contributed by atoms with Gasteiger partial charge in [-0.2, -0.15) is 0 Å². The van der Waals surface area contributed by atoms with Gasteiger partial charge in [-0.15, -0.1) is 0 Å². The van der Waals surface area contributed by atoms with Crippen molar-refractivity contribution in [3.63, 3.8) is 0 Å². The highest BCUT2D eigenvalue weighted by Gasteiger charge is 1.72. The van der Waals surface area contributed by atoms with Crippen molar-refractivity contribution in [1.29, 1.82) is 0 Å². The predicted octanol–water partition coefficient (Wildman–Crippen LogP) is 0.174. The molecule has 0 aliphatic heterocycles. The van der Waals surface area contributed by atoms with Crippen molar-refractivity contribution in [1.82, 2.24) is 0 Å². The molecule has 0 unspecified atom stereocenters. The Morgan fingerprint density at radius 2 is 2.14 bits per heavy atom. The van der Waals surface area contributed by atoms with Crippen LogP contribution in [-0.4, -0.2) is 14.2 Å². The van der Waals surface area contributed by atoms with E-state index >= 15 is 0 Å². The second kappa shape index (κ2) is 3.87. The Hall–Kier alpha value is -0.310. The zero-order valence-corrected chi connectivity index (χ0v) is 5.02. The van der Waals surface area contributed by atoms with Crippen LogP contribution in [0.4, 0.5) is 0 Å². The van der Waals surface area contributed by atoms with Crippen LogP contribution in [0.15, 0.2) is 12.2 Å². The van der Waals surface area contributed by atoms with Gasteiger partial charge in [-0.1, -0.05) is 12.2 Å². The van der Waals surface area contributed by atoms with E-state index in [1.54, 1.807) is 19.1 Å². The third-order valence-electron chi connectivity index (χ3n) is 0.490. The maximum Gasteiger partial charge on any atom is 0.143 e. The van der Waals surface area contributed by atoms with Gasteiger partial charge in [0.1, 0.15) is 10.7 Å². The van der Waals surface area contributed by atoms with Crippen molar-refractivity contribution in [2.45, 2.75) is 6.92 Å². The average Bonchev–Trinajstić information content (AvgIpc) is 1.61. The average molecular weight is 120 g/mol. The summed E-state index contributed by atoms with van der Waals surface area (Å²) in [4.78, 5) is 0. The fourth-order valence-electron chi connectivity index (χ4n) is 0.191. The second-order valence-electron chi connectivity index (χ2n) is 1.08. The third kappa shape index (κ3) is 5.69. The predicted molar refractivity (Wildman–Crippen MR) is 30.0 cm³/mol. The lowest BCUT2D eigenvalue weighted by molar-refractivity contribution is 0.617. The number of rotatable bonds is 2. The van der Waals surface area contributed by atoms with Crippen LogP contribution >= 0.6 is 0 Å². The lowest BCUT2D eigenvalue weighted by atomic mass is 10.6. The molecule has 0 aliphatic rings. The monoisotopic (exact) mass is 120 g/mol. The van der Waals surface area contributed by atoms with Crippen molar-refractivity contribution in [3.05, 3.63) is 12.2 Å². The molecule has 0 saturated carbocycles. The topological polar surface area (TPSA) is 34.1 Å². The van der Waals surface area contributed by atoms with Crippen molar-refractivity contribution in [2.24, 2.45) is 0 Å². The van der Waals surface area contributed by atoms with Crippen molar-refractivity contribution < 1.29 is 8.42 Å². The second-order valence-corrected chi connectivity index (χ2v) is 2.11. The molecule has 0 rings (SSSR count). The molecular weight excluding hydrogens is 112 g/mol.